The number of thiazole rings is 3. The number of amides is 6. The second-order valence-electron chi connectivity index (χ2n) is 27.1. The average Bonchev–Trinajstić information content (AvgIpc) is 1.66. The smallest absolute Gasteiger partial charge is 0.280 e. The van der Waals surface area contributed by atoms with Gasteiger partial charge >= 0.3 is 0 Å². The zero-order valence-electron chi connectivity index (χ0n) is 59.4. The van der Waals surface area contributed by atoms with Crippen molar-refractivity contribution in [2.45, 2.75) is 234 Å². The number of aryl methyl sites for hydroxylation is 3. The van der Waals surface area contributed by atoms with Crippen LogP contribution < -0.4 is 31.9 Å². The van der Waals surface area contributed by atoms with E-state index < -0.39 is 42.2 Å². The second-order valence-corrected chi connectivity index (χ2v) is 30.1. The molecule has 5 fully saturated rings. The van der Waals surface area contributed by atoms with Crippen LogP contribution in [0.5, 0.6) is 0 Å². The molecule has 1 aliphatic carbocycles. The number of aromatic nitrogens is 6. The molecule has 5 aliphatic rings. The number of aliphatic hydroxyl groups excluding tert-OH is 3. The van der Waals surface area contributed by atoms with E-state index >= 15 is 0 Å². The fourth-order valence-corrected chi connectivity index (χ4v) is 15.0. The zero-order valence-corrected chi connectivity index (χ0v) is 61.9. The summed E-state index contributed by atoms with van der Waals surface area (Å²) in [4.78, 5) is 113. The van der Waals surface area contributed by atoms with Gasteiger partial charge in [-0.05, 0) is 175 Å². The van der Waals surface area contributed by atoms with Crippen LogP contribution in [0, 0.1) is 20.8 Å². The fraction of sp³-hybridized carbons (Fsp3) is 0.577. The molecule has 28 heteroatoms. The van der Waals surface area contributed by atoms with Crippen molar-refractivity contribution in [3.63, 3.8) is 0 Å². The predicted octanol–water partition coefficient (Wildman–Crippen LogP) is 9.90. The van der Waals surface area contributed by atoms with Crippen LogP contribution in [0.2, 0.25) is 0 Å². The van der Waals surface area contributed by atoms with Crippen molar-refractivity contribution in [2.75, 3.05) is 48.8 Å². The molecule has 6 amide bonds. The van der Waals surface area contributed by atoms with E-state index in [1.807, 2.05) is 74.4 Å². The first-order valence-corrected chi connectivity index (χ1v) is 37.3. The maximum Gasteiger partial charge on any atom is 0.280 e. The summed E-state index contributed by atoms with van der Waals surface area (Å²) in [7, 11) is 0. The molecular weight excluding hydrogens is 1320 g/mol. The van der Waals surface area contributed by atoms with Crippen molar-refractivity contribution in [2.24, 2.45) is 0 Å². The average molecular weight is 1420 g/mol. The first-order valence-electron chi connectivity index (χ1n) is 34.9. The molecule has 0 bridgehead atoms. The standard InChI is InChI=1S/C24H33N5O4S.C24H35N5O3S.C23H31N5O3S/c1-5-14(3)26-19-9-13(2)16(10-25-19)21-20(24(32)29-8-6-7-15(29)4)28-23(34-21)22(31)27-17-11-33-12-18(17)30;1-7-14(3)26-19-11-13(2)18(12-25-19)21-20(24(32)29-10-8-9-15(29)4)28-23(33-21)22(31)27-16(5)17(6)30;1-5-13(3)25-18-9-12(2)15(11-24-18)20-19(23(31)28-8-6-7-14(28)4)27-22(32-20)21(30)26-16-10-17(16)29/h9-10,14-15,17-18,30H,5-8,11-12H2,1-4H3,(H,25,26)(H,27,31);11-12,14-17,30H,7-10H2,1-6H3,(H,25,26)(H,27,31);9,11,13-14,16-17,29H,5-8,10H2,1-4H3,(H,24,25)(H,26,30)/t14-,15+,17-,18-;14-,15+,16+,17-;13-,14+,16+,17+/m111/s1. The van der Waals surface area contributed by atoms with Crippen LogP contribution in [-0.4, -0.2) is 201 Å². The third kappa shape index (κ3) is 18.5. The van der Waals surface area contributed by atoms with Crippen LogP contribution >= 0.6 is 34.0 Å². The van der Waals surface area contributed by atoms with Gasteiger partial charge < -0.3 is 66.7 Å². The van der Waals surface area contributed by atoms with Gasteiger partial charge in [0, 0.05) is 91.2 Å². The molecular formula is C71H99N15O10S3. The maximum absolute atomic E-state index is 13.5. The summed E-state index contributed by atoms with van der Waals surface area (Å²) < 4.78 is 5.23. The summed E-state index contributed by atoms with van der Waals surface area (Å²) >= 11 is 3.57. The number of carbonyl (C=O) groups excluding carboxylic acids is 6. The largest absolute Gasteiger partial charge is 0.391 e. The van der Waals surface area contributed by atoms with Crippen LogP contribution in [0.25, 0.3) is 31.3 Å². The minimum absolute atomic E-state index is 0.131. The summed E-state index contributed by atoms with van der Waals surface area (Å²) in [6, 6.07) is 6.04. The summed E-state index contributed by atoms with van der Waals surface area (Å²) in [5, 5.41) is 48.4. The molecule has 99 heavy (non-hydrogen) atoms. The Balaban J connectivity index is 0.000000174. The summed E-state index contributed by atoms with van der Waals surface area (Å²) in [5.74, 6) is 0.690. The number of hydrogen-bond donors (Lipinski definition) is 9. The Bertz CT molecular complexity index is 3860. The van der Waals surface area contributed by atoms with Crippen LogP contribution in [-0.2, 0) is 4.74 Å². The Labute approximate surface area is 592 Å². The van der Waals surface area contributed by atoms with Gasteiger partial charge in [-0.3, -0.25) is 28.8 Å². The van der Waals surface area contributed by atoms with Crippen molar-refractivity contribution in [1.29, 1.82) is 0 Å². The normalized spacial score (nSPS) is 21.7. The molecule has 0 unspecified atom stereocenters. The molecule has 25 nitrogen and oxygen atoms in total. The number of anilines is 3. The Morgan fingerprint density at radius 1 is 0.525 bits per heavy atom. The molecule has 12 atom stereocenters. The lowest BCUT2D eigenvalue weighted by molar-refractivity contribution is 0.0734. The third-order valence-electron chi connectivity index (χ3n) is 19.1. The minimum atomic E-state index is -0.757. The van der Waals surface area contributed by atoms with Gasteiger partial charge in [0.05, 0.1) is 64.3 Å². The number of pyridine rings is 3. The predicted molar refractivity (Wildman–Crippen MR) is 388 cm³/mol. The fourth-order valence-electron chi connectivity index (χ4n) is 11.9. The number of hydrogen-bond acceptors (Lipinski definition) is 22. The van der Waals surface area contributed by atoms with Crippen molar-refractivity contribution < 1.29 is 48.8 Å². The van der Waals surface area contributed by atoms with Crippen molar-refractivity contribution in [1.82, 2.24) is 60.6 Å². The van der Waals surface area contributed by atoms with Crippen LogP contribution in [0.3, 0.4) is 0 Å². The van der Waals surface area contributed by atoms with Crippen LogP contribution in [0.15, 0.2) is 36.8 Å². The molecule has 10 heterocycles. The molecule has 4 aliphatic heterocycles. The van der Waals surface area contributed by atoms with E-state index in [2.05, 4.69) is 103 Å². The van der Waals surface area contributed by atoms with Gasteiger partial charge in [-0.15, -0.1) is 34.0 Å². The number of nitrogens with zero attached hydrogens (tertiary/aromatic N) is 9. The topological polar surface area (TPSA) is 332 Å². The third-order valence-corrected chi connectivity index (χ3v) is 22.4. The quantitative estimate of drug-likeness (QED) is 0.0305. The highest BCUT2D eigenvalue weighted by Crippen LogP contribution is 2.39. The van der Waals surface area contributed by atoms with E-state index in [-0.39, 0.29) is 87.4 Å². The Morgan fingerprint density at radius 3 is 1.13 bits per heavy atom. The lowest BCUT2D eigenvalue weighted by Gasteiger charge is -2.21. The molecule has 11 rings (SSSR count). The van der Waals surface area contributed by atoms with Crippen LogP contribution in [0.4, 0.5) is 17.5 Å². The number of nitrogens with one attached hydrogen (secondary N) is 6. The van der Waals surface area contributed by atoms with Crippen molar-refractivity contribution in [3.8, 4) is 31.3 Å². The highest BCUT2D eigenvalue weighted by molar-refractivity contribution is 7.18. The number of ether oxygens (including phenoxy) is 1. The first kappa shape index (κ1) is 75.6. The molecule has 4 saturated heterocycles. The van der Waals surface area contributed by atoms with Gasteiger partial charge in [-0.2, -0.15) is 0 Å². The SMILES string of the molecule is CC[C@@H](C)Nc1cc(C)c(-c2sc(C(=O)N[C@@H](C)[C@@H](C)O)nc2C(=O)N2CCC[C@@H]2C)cn1.CC[C@@H](C)Nc1cc(C)c(-c2sc(C(=O)N[C@@H]3COC[C@H]3O)nc2C(=O)N2CCC[C@@H]2C)cn1.CC[C@@H](C)Nc1cc(C)c(-c2sc(C(=O)N[C@H]3C[C@@H]3O)nc2C(=O)N2CCC[C@@H]2C)cn1. The van der Waals surface area contributed by atoms with E-state index in [1.165, 1.54) is 34.0 Å². The summed E-state index contributed by atoms with van der Waals surface area (Å²) in [6.45, 7) is 30.5. The van der Waals surface area contributed by atoms with Crippen LogP contribution in [0.1, 0.15) is 218 Å². The second kappa shape index (κ2) is 33.7. The number of likely N-dealkylation sites (tertiary alicyclic amines) is 3. The number of rotatable bonds is 22. The van der Waals surface area contributed by atoms with Gasteiger partial charge in [0.1, 0.15) is 34.5 Å². The van der Waals surface area contributed by atoms with Gasteiger partial charge in [0.25, 0.3) is 35.4 Å². The molecule has 6 aromatic rings. The lowest BCUT2D eigenvalue weighted by Crippen LogP contribution is -2.42. The van der Waals surface area contributed by atoms with Crippen molar-refractivity contribution in [3.05, 3.63) is 85.6 Å². The zero-order chi connectivity index (χ0) is 71.7. The Hall–Kier alpha value is -7.60. The summed E-state index contributed by atoms with van der Waals surface area (Å²) in [6.07, 6.45) is 12.5. The van der Waals surface area contributed by atoms with E-state index in [4.69, 9.17) is 4.74 Å². The lowest BCUT2D eigenvalue weighted by atomic mass is 10.1. The van der Waals surface area contributed by atoms with Crippen molar-refractivity contribution >= 4 is 86.9 Å². The van der Waals surface area contributed by atoms with E-state index in [1.54, 1.807) is 32.4 Å². The maximum atomic E-state index is 13.5. The van der Waals surface area contributed by atoms with Gasteiger partial charge in [-0.25, -0.2) is 29.9 Å². The molecule has 0 radical (unpaired) electrons. The molecule has 0 aromatic carbocycles. The monoisotopic (exact) mass is 1420 g/mol. The first-order chi connectivity index (χ1) is 47.2. The van der Waals surface area contributed by atoms with E-state index in [0.29, 0.717) is 64.5 Å². The Morgan fingerprint density at radius 2 is 0.859 bits per heavy atom. The van der Waals surface area contributed by atoms with Gasteiger partial charge in [0.15, 0.2) is 15.0 Å². The highest BCUT2D eigenvalue weighted by Gasteiger charge is 2.40. The summed E-state index contributed by atoms with van der Waals surface area (Å²) in [5.41, 5.74) is 6.10. The van der Waals surface area contributed by atoms with E-state index in [0.717, 1.165) is 109 Å². The highest BCUT2D eigenvalue weighted by atomic mass is 32.1. The molecule has 6 aromatic heterocycles. The van der Waals surface area contributed by atoms with Gasteiger partial charge in [0.2, 0.25) is 0 Å². The number of aliphatic hydroxyl groups is 3. The number of carbonyl (C=O) groups is 6. The molecule has 536 valence electrons. The Kier molecular flexibility index (Phi) is 25.7. The molecule has 0 spiro atoms. The molecule has 1 saturated carbocycles. The van der Waals surface area contributed by atoms with Gasteiger partial charge in [-0.1, -0.05) is 20.8 Å². The van der Waals surface area contributed by atoms with E-state index in [9.17, 15) is 44.1 Å². The molecule has 9 N–H and O–H groups in total. The minimum Gasteiger partial charge on any atom is -0.391 e.